The van der Waals surface area contributed by atoms with Gasteiger partial charge in [-0.05, 0) is 42.8 Å². The van der Waals surface area contributed by atoms with Gasteiger partial charge in [0.1, 0.15) is 12.4 Å². The van der Waals surface area contributed by atoms with Crippen LogP contribution in [0.1, 0.15) is 26.0 Å². The zero-order valence-electron chi connectivity index (χ0n) is 16.8. The highest BCUT2D eigenvalue weighted by molar-refractivity contribution is 6.33. The van der Waals surface area contributed by atoms with E-state index >= 15 is 0 Å². The minimum atomic E-state index is -1.10. The number of aromatic nitrogens is 2. The van der Waals surface area contributed by atoms with E-state index in [2.05, 4.69) is 10.3 Å². The fourth-order valence-electron chi connectivity index (χ4n) is 3.65. The first-order valence-corrected chi connectivity index (χ1v) is 9.76. The highest BCUT2D eigenvalue weighted by atomic mass is 35.5. The SMILES string of the molecule is Cc1nccc2c3cc(Cl)c(OCC(CC(C)C)NC(=O)O)cc3c(=O)n(C)c12. The number of fused-ring (bicyclic) bond motifs is 3. The molecular weight excluding hydrogens is 394 g/mol. The summed E-state index contributed by atoms with van der Waals surface area (Å²) in [4.78, 5) is 28.2. The number of hydrogen-bond donors (Lipinski definition) is 2. The number of pyridine rings is 2. The normalized spacial score (nSPS) is 12.5. The largest absolute Gasteiger partial charge is 0.490 e. The van der Waals surface area contributed by atoms with Crippen molar-refractivity contribution >= 4 is 39.4 Å². The molecular formula is C21H24ClN3O4. The Morgan fingerprint density at radius 1 is 1.31 bits per heavy atom. The van der Waals surface area contributed by atoms with Crippen LogP contribution in [0.5, 0.6) is 5.75 Å². The van der Waals surface area contributed by atoms with Crippen LogP contribution in [0, 0.1) is 12.8 Å². The summed E-state index contributed by atoms with van der Waals surface area (Å²) in [7, 11) is 1.71. The third-order valence-corrected chi connectivity index (χ3v) is 5.16. The highest BCUT2D eigenvalue weighted by Gasteiger charge is 2.17. The Balaban J connectivity index is 2.03. The first-order chi connectivity index (χ1) is 13.7. The van der Waals surface area contributed by atoms with Crippen LogP contribution in [0.25, 0.3) is 21.7 Å². The first kappa shape index (κ1) is 20.9. The zero-order chi connectivity index (χ0) is 21.3. The molecule has 0 fully saturated rings. The van der Waals surface area contributed by atoms with Crippen molar-refractivity contribution in [3.05, 3.63) is 45.5 Å². The molecule has 0 aliphatic heterocycles. The van der Waals surface area contributed by atoms with Crippen LogP contribution < -0.4 is 15.6 Å². The third-order valence-electron chi connectivity index (χ3n) is 4.86. The van der Waals surface area contributed by atoms with E-state index in [1.807, 2.05) is 26.8 Å². The highest BCUT2D eigenvalue weighted by Crippen LogP contribution is 2.33. The molecule has 1 amide bonds. The van der Waals surface area contributed by atoms with Gasteiger partial charge in [0.15, 0.2) is 0 Å². The van der Waals surface area contributed by atoms with Crippen LogP contribution in [0.4, 0.5) is 4.79 Å². The lowest BCUT2D eigenvalue weighted by atomic mass is 10.0. The monoisotopic (exact) mass is 417 g/mol. The number of nitrogens with zero attached hydrogens (tertiary/aromatic N) is 2. The van der Waals surface area contributed by atoms with Gasteiger partial charge in [-0.1, -0.05) is 25.4 Å². The van der Waals surface area contributed by atoms with Gasteiger partial charge in [-0.25, -0.2) is 4.79 Å². The summed E-state index contributed by atoms with van der Waals surface area (Å²) < 4.78 is 7.40. The number of nitrogens with one attached hydrogen (secondary N) is 1. The summed E-state index contributed by atoms with van der Waals surface area (Å²) in [5.41, 5.74) is 1.35. The zero-order valence-corrected chi connectivity index (χ0v) is 17.6. The number of ether oxygens (including phenoxy) is 1. The van der Waals surface area contributed by atoms with Crippen molar-refractivity contribution in [2.24, 2.45) is 13.0 Å². The second-order valence-corrected chi connectivity index (χ2v) is 7.98. The molecule has 0 spiro atoms. The lowest BCUT2D eigenvalue weighted by Crippen LogP contribution is -2.39. The Hall–Kier alpha value is -2.80. The maximum atomic E-state index is 12.9. The molecule has 2 heterocycles. The summed E-state index contributed by atoms with van der Waals surface area (Å²) in [5.74, 6) is 0.639. The molecule has 0 aliphatic rings. The van der Waals surface area contributed by atoms with E-state index in [1.165, 1.54) is 0 Å². The minimum Gasteiger partial charge on any atom is -0.490 e. The molecule has 2 aromatic heterocycles. The predicted octanol–water partition coefficient (Wildman–Crippen LogP) is 4.11. The summed E-state index contributed by atoms with van der Waals surface area (Å²) in [6.07, 6.45) is 1.22. The van der Waals surface area contributed by atoms with Crippen molar-refractivity contribution in [2.75, 3.05) is 6.61 Å². The summed E-state index contributed by atoms with van der Waals surface area (Å²) in [5, 5.41) is 14.0. The molecule has 29 heavy (non-hydrogen) atoms. The second-order valence-electron chi connectivity index (χ2n) is 7.57. The van der Waals surface area contributed by atoms with E-state index in [0.29, 0.717) is 22.6 Å². The topological polar surface area (TPSA) is 93.5 Å². The number of benzene rings is 1. The molecule has 154 valence electrons. The molecule has 8 heteroatoms. The fourth-order valence-corrected chi connectivity index (χ4v) is 3.87. The summed E-state index contributed by atoms with van der Waals surface area (Å²) in [6, 6.07) is 4.82. The lowest BCUT2D eigenvalue weighted by Gasteiger charge is -2.20. The molecule has 1 aromatic carbocycles. The molecule has 3 rings (SSSR count). The minimum absolute atomic E-state index is 0.118. The average Bonchev–Trinajstić information content (AvgIpc) is 2.63. The number of hydrogen-bond acceptors (Lipinski definition) is 4. The number of aryl methyl sites for hydroxylation is 2. The molecule has 0 radical (unpaired) electrons. The van der Waals surface area contributed by atoms with Gasteiger partial charge in [-0.3, -0.25) is 9.78 Å². The number of amides is 1. The van der Waals surface area contributed by atoms with Gasteiger partial charge in [0.25, 0.3) is 5.56 Å². The van der Waals surface area contributed by atoms with Crippen LogP contribution in [0.2, 0.25) is 5.02 Å². The Morgan fingerprint density at radius 3 is 2.69 bits per heavy atom. The van der Waals surface area contributed by atoms with Crippen LogP contribution >= 0.6 is 11.6 Å². The van der Waals surface area contributed by atoms with Gasteiger partial charge in [-0.2, -0.15) is 0 Å². The van der Waals surface area contributed by atoms with E-state index in [9.17, 15) is 9.59 Å². The Bertz CT molecular complexity index is 1140. The molecule has 0 bridgehead atoms. The molecule has 1 unspecified atom stereocenters. The van der Waals surface area contributed by atoms with Gasteiger partial charge < -0.3 is 19.7 Å². The van der Waals surface area contributed by atoms with Crippen LogP contribution in [0.15, 0.2) is 29.2 Å². The Kier molecular flexibility index (Phi) is 5.98. The van der Waals surface area contributed by atoms with Crippen molar-refractivity contribution < 1.29 is 14.6 Å². The smallest absolute Gasteiger partial charge is 0.404 e. The molecule has 0 aliphatic carbocycles. The molecule has 2 N–H and O–H groups in total. The molecule has 1 atom stereocenters. The molecule has 7 nitrogen and oxygen atoms in total. The fraction of sp³-hybridized carbons (Fsp3) is 0.381. The van der Waals surface area contributed by atoms with E-state index in [0.717, 1.165) is 22.0 Å². The standard InChI is InChI=1S/C21H24ClN3O4/c1-11(2)7-13(24-21(27)28)10-29-18-9-16-15(8-17(18)22)14-5-6-23-12(3)19(14)25(4)20(16)26/h5-6,8-9,11,13,24H,7,10H2,1-4H3,(H,27,28). The summed E-state index contributed by atoms with van der Waals surface area (Å²) >= 11 is 6.44. The molecule has 3 aromatic rings. The van der Waals surface area contributed by atoms with Crippen molar-refractivity contribution in [3.8, 4) is 5.75 Å². The average molecular weight is 418 g/mol. The van der Waals surface area contributed by atoms with Gasteiger partial charge in [0.05, 0.1) is 27.7 Å². The van der Waals surface area contributed by atoms with Crippen LogP contribution in [-0.4, -0.2) is 33.4 Å². The first-order valence-electron chi connectivity index (χ1n) is 9.38. The Morgan fingerprint density at radius 2 is 2.03 bits per heavy atom. The number of carboxylic acid groups (broad SMARTS) is 1. The third kappa shape index (κ3) is 4.29. The van der Waals surface area contributed by atoms with Gasteiger partial charge in [-0.15, -0.1) is 0 Å². The van der Waals surface area contributed by atoms with Crippen LogP contribution in [-0.2, 0) is 7.05 Å². The number of rotatable bonds is 6. The van der Waals surface area contributed by atoms with Gasteiger partial charge in [0, 0.05) is 18.6 Å². The maximum absolute atomic E-state index is 12.9. The lowest BCUT2D eigenvalue weighted by molar-refractivity contribution is 0.176. The Labute approximate surface area is 173 Å². The van der Waals surface area contributed by atoms with Crippen molar-refractivity contribution in [1.82, 2.24) is 14.9 Å². The van der Waals surface area contributed by atoms with E-state index in [-0.39, 0.29) is 24.1 Å². The van der Waals surface area contributed by atoms with Crippen molar-refractivity contribution in [3.63, 3.8) is 0 Å². The van der Waals surface area contributed by atoms with Gasteiger partial charge >= 0.3 is 6.09 Å². The number of halogens is 1. The van der Waals surface area contributed by atoms with E-state index in [4.69, 9.17) is 21.4 Å². The van der Waals surface area contributed by atoms with Gasteiger partial charge in [0.2, 0.25) is 0 Å². The van der Waals surface area contributed by atoms with Crippen LogP contribution in [0.3, 0.4) is 0 Å². The molecule has 0 saturated heterocycles. The quantitative estimate of drug-likeness (QED) is 0.588. The molecule has 0 saturated carbocycles. The number of carbonyl (C=O) groups is 1. The predicted molar refractivity (Wildman–Crippen MR) is 114 cm³/mol. The second kappa shape index (κ2) is 8.29. The summed E-state index contributed by atoms with van der Waals surface area (Å²) in [6.45, 7) is 5.99. The van der Waals surface area contributed by atoms with Crippen molar-refractivity contribution in [1.29, 1.82) is 0 Å². The van der Waals surface area contributed by atoms with E-state index in [1.54, 1.807) is 29.9 Å². The van der Waals surface area contributed by atoms with E-state index < -0.39 is 6.09 Å². The maximum Gasteiger partial charge on any atom is 0.404 e. The van der Waals surface area contributed by atoms with Crippen molar-refractivity contribution in [2.45, 2.75) is 33.2 Å².